The molecule has 0 aliphatic rings. The van der Waals surface area contributed by atoms with Crippen LogP contribution in [0.3, 0.4) is 0 Å². The second-order valence-corrected chi connectivity index (χ2v) is 8.08. The summed E-state index contributed by atoms with van der Waals surface area (Å²) >= 11 is 0. The van der Waals surface area contributed by atoms with Crippen LogP contribution in [0.15, 0.2) is 28.8 Å². The van der Waals surface area contributed by atoms with Gasteiger partial charge < -0.3 is 14.2 Å². The summed E-state index contributed by atoms with van der Waals surface area (Å²) in [6, 6.07) is 7.72. The van der Waals surface area contributed by atoms with Gasteiger partial charge in [-0.3, -0.25) is 4.79 Å². The summed E-state index contributed by atoms with van der Waals surface area (Å²) in [6.07, 6.45) is 1.97. The Kier molecular flexibility index (Phi) is 6.99. The summed E-state index contributed by atoms with van der Waals surface area (Å²) in [5.74, 6) is 1.98. The van der Waals surface area contributed by atoms with Crippen LogP contribution in [-0.2, 0) is 11.2 Å². The number of aromatic nitrogens is 2. The van der Waals surface area contributed by atoms with Crippen molar-refractivity contribution in [3.63, 3.8) is 0 Å². The fraction of sp³-hybridized carbons (Fsp3) is 0.571. The molecule has 1 aromatic heterocycles. The predicted molar refractivity (Wildman–Crippen MR) is 106 cm³/mol. The van der Waals surface area contributed by atoms with Crippen LogP contribution in [0.1, 0.15) is 53.4 Å². The number of ether oxygens (including phenoxy) is 1. The molecule has 1 amide bonds. The van der Waals surface area contributed by atoms with Crippen LogP contribution in [0.5, 0.6) is 5.75 Å². The first kappa shape index (κ1) is 20.9. The van der Waals surface area contributed by atoms with E-state index < -0.39 is 0 Å². The highest BCUT2D eigenvalue weighted by Gasteiger charge is 2.24. The Morgan fingerprint density at radius 2 is 2.07 bits per heavy atom. The van der Waals surface area contributed by atoms with E-state index >= 15 is 0 Å². The van der Waals surface area contributed by atoms with Crippen LogP contribution in [0, 0.1) is 5.41 Å². The van der Waals surface area contributed by atoms with Crippen LogP contribution in [0.2, 0.25) is 0 Å². The van der Waals surface area contributed by atoms with E-state index in [1.54, 1.807) is 7.11 Å². The van der Waals surface area contributed by atoms with Crippen molar-refractivity contribution in [2.45, 2.75) is 59.9 Å². The van der Waals surface area contributed by atoms with Gasteiger partial charge in [-0.25, -0.2) is 0 Å². The number of carbonyl (C=O) groups excluding carboxylic acids is 1. The van der Waals surface area contributed by atoms with Crippen molar-refractivity contribution in [2.24, 2.45) is 5.41 Å². The topological polar surface area (TPSA) is 68.5 Å². The van der Waals surface area contributed by atoms with Gasteiger partial charge in [0.05, 0.1) is 7.11 Å². The molecule has 0 aliphatic heterocycles. The Morgan fingerprint density at radius 3 is 2.70 bits per heavy atom. The SMILES string of the molecule is CC[C@H](C)N(CCc1nc(-c2cccc(OC)c2)no1)C(=O)CC(C)(C)C. The van der Waals surface area contributed by atoms with Gasteiger partial charge in [0.2, 0.25) is 17.6 Å². The predicted octanol–water partition coefficient (Wildman–Crippen LogP) is 4.35. The fourth-order valence-electron chi connectivity index (χ4n) is 2.82. The van der Waals surface area contributed by atoms with Gasteiger partial charge in [0.15, 0.2) is 0 Å². The normalized spacial score (nSPS) is 12.7. The number of amides is 1. The zero-order valence-electron chi connectivity index (χ0n) is 17.3. The van der Waals surface area contributed by atoms with Gasteiger partial charge in [-0.2, -0.15) is 4.98 Å². The van der Waals surface area contributed by atoms with Crippen molar-refractivity contribution < 1.29 is 14.1 Å². The number of carbonyl (C=O) groups is 1. The fourth-order valence-corrected chi connectivity index (χ4v) is 2.82. The number of methoxy groups -OCH3 is 1. The maximum atomic E-state index is 12.7. The van der Waals surface area contributed by atoms with Crippen molar-refractivity contribution in [3.05, 3.63) is 30.2 Å². The summed E-state index contributed by atoms with van der Waals surface area (Å²) in [7, 11) is 1.62. The molecule has 0 bridgehead atoms. The zero-order chi connectivity index (χ0) is 20.0. The molecule has 1 aromatic carbocycles. The molecule has 27 heavy (non-hydrogen) atoms. The molecule has 6 nitrogen and oxygen atoms in total. The molecule has 0 radical (unpaired) electrons. The summed E-state index contributed by atoms with van der Waals surface area (Å²) in [4.78, 5) is 19.1. The highest BCUT2D eigenvalue weighted by Crippen LogP contribution is 2.23. The van der Waals surface area contributed by atoms with Crippen molar-refractivity contribution >= 4 is 5.91 Å². The average Bonchev–Trinajstić information content (AvgIpc) is 3.09. The molecule has 1 heterocycles. The molecule has 0 aliphatic carbocycles. The third kappa shape index (κ3) is 6.08. The number of hydrogen-bond donors (Lipinski definition) is 0. The summed E-state index contributed by atoms with van der Waals surface area (Å²) in [5.41, 5.74) is 0.805. The molecule has 0 saturated carbocycles. The van der Waals surface area contributed by atoms with E-state index in [-0.39, 0.29) is 17.4 Å². The number of nitrogens with zero attached hydrogens (tertiary/aromatic N) is 3. The van der Waals surface area contributed by atoms with Gasteiger partial charge in [-0.15, -0.1) is 0 Å². The largest absolute Gasteiger partial charge is 0.497 e. The third-order valence-electron chi connectivity index (χ3n) is 4.49. The quantitative estimate of drug-likeness (QED) is 0.688. The Labute approximate surface area is 161 Å². The smallest absolute Gasteiger partial charge is 0.228 e. The minimum absolute atomic E-state index is 0.0349. The van der Waals surface area contributed by atoms with Crippen LogP contribution in [0.4, 0.5) is 0 Å². The van der Waals surface area contributed by atoms with Crippen LogP contribution in [-0.4, -0.2) is 40.6 Å². The molecule has 2 aromatic rings. The van der Waals surface area contributed by atoms with Crippen LogP contribution < -0.4 is 4.74 Å². The molecule has 0 fully saturated rings. The van der Waals surface area contributed by atoms with E-state index in [9.17, 15) is 4.79 Å². The lowest BCUT2D eigenvalue weighted by molar-refractivity contribution is -0.135. The number of hydrogen-bond acceptors (Lipinski definition) is 5. The molecular weight excluding hydrogens is 342 g/mol. The molecule has 6 heteroatoms. The monoisotopic (exact) mass is 373 g/mol. The number of rotatable bonds is 8. The molecule has 0 N–H and O–H groups in total. The van der Waals surface area contributed by atoms with Crippen LogP contribution in [0.25, 0.3) is 11.4 Å². The first-order valence-corrected chi connectivity index (χ1v) is 9.50. The second kappa shape index (κ2) is 9.02. The van der Waals surface area contributed by atoms with E-state index in [2.05, 4.69) is 44.8 Å². The van der Waals surface area contributed by atoms with Gasteiger partial charge >= 0.3 is 0 Å². The Morgan fingerprint density at radius 1 is 1.33 bits per heavy atom. The molecular formula is C21H31N3O3. The van der Waals surface area contributed by atoms with Crippen molar-refractivity contribution in [3.8, 4) is 17.1 Å². The van der Waals surface area contributed by atoms with Gasteiger partial charge in [0.25, 0.3) is 0 Å². The Hall–Kier alpha value is -2.37. The van der Waals surface area contributed by atoms with Gasteiger partial charge in [-0.05, 0) is 30.9 Å². The van der Waals surface area contributed by atoms with Crippen molar-refractivity contribution in [1.82, 2.24) is 15.0 Å². The first-order chi connectivity index (χ1) is 12.7. The van der Waals surface area contributed by atoms with Crippen molar-refractivity contribution in [1.29, 1.82) is 0 Å². The van der Waals surface area contributed by atoms with E-state index in [0.717, 1.165) is 17.7 Å². The molecule has 2 rings (SSSR count). The highest BCUT2D eigenvalue weighted by molar-refractivity contribution is 5.77. The van der Waals surface area contributed by atoms with E-state index in [0.29, 0.717) is 31.1 Å². The third-order valence-corrected chi connectivity index (χ3v) is 4.49. The Balaban J connectivity index is 2.06. The van der Waals surface area contributed by atoms with Gasteiger partial charge in [0.1, 0.15) is 5.75 Å². The second-order valence-electron chi connectivity index (χ2n) is 8.08. The summed E-state index contributed by atoms with van der Waals surface area (Å²) < 4.78 is 10.6. The minimum Gasteiger partial charge on any atom is -0.497 e. The van der Waals surface area contributed by atoms with E-state index in [1.165, 1.54) is 0 Å². The molecule has 0 unspecified atom stereocenters. The van der Waals surface area contributed by atoms with E-state index in [1.807, 2.05) is 29.2 Å². The molecule has 0 saturated heterocycles. The standard InChI is InChI=1S/C21H31N3O3/c1-7-15(2)24(19(25)14-21(3,4)5)12-11-18-22-20(23-27-18)16-9-8-10-17(13-16)26-6/h8-10,13,15H,7,11-12,14H2,1-6H3/t15-/m0/s1. The number of benzene rings is 1. The highest BCUT2D eigenvalue weighted by atomic mass is 16.5. The summed E-state index contributed by atoms with van der Waals surface area (Å²) in [5, 5.41) is 4.06. The molecule has 1 atom stereocenters. The first-order valence-electron chi connectivity index (χ1n) is 9.50. The average molecular weight is 373 g/mol. The molecule has 148 valence electrons. The maximum absolute atomic E-state index is 12.7. The Bertz CT molecular complexity index is 749. The van der Waals surface area contributed by atoms with E-state index in [4.69, 9.17) is 9.26 Å². The zero-order valence-corrected chi connectivity index (χ0v) is 17.3. The van der Waals surface area contributed by atoms with Gasteiger partial charge in [-0.1, -0.05) is 45.0 Å². The lowest BCUT2D eigenvalue weighted by Gasteiger charge is -2.31. The maximum Gasteiger partial charge on any atom is 0.228 e. The lowest BCUT2D eigenvalue weighted by atomic mass is 9.91. The van der Waals surface area contributed by atoms with Crippen LogP contribution >= 0.6 is 0 Å². The van der Waals surface area contributed by atoms with Crippen molar-refractivity contribution in [2.75, 3.05) is 13.7 Å². The molecule has 0 spiro atoms. The lowest BCUT2D eigenvalue weighted by Crippen LogP contribution is -2.41. The summed E-state index contributed by atoms with van der Waals surface area (Å²) in [6.45, 7) is 11.0. The minimum atomic E-state index is -0.0349. The van der Waals surface area contributed by atoms with Gasteiger partial charge in [0, 0.05) is 31.0 Å².